The normalized spacial score (nSPS) is 20.6. The Morgan fingerprint density at radius 1 is 1.38 bits per heavy atom. The van der Waals surface area contributed by atoms with E-state index in [4.69, 9.17) is 16.7 Å². The van der Waals surface area contributed by atoms with Crippen molar-refractivity contribution in [2.75, 3.05) is 13.2 Å². The van der Waals surface area contributed by atoms with Crippen molar-refractivity contribution < 1.29 is 5.11 Å². The minimum atomic E-state index is 0.195. The lowest BCUT2D eigenvalue weighted by Crippen LogP contribution is -2.37. The highest BCUT2D eigenvalue weighted by molar-refractivity contribution is 6.30. The highest BCUT2D eigenvalue weighted by Crippen LogP contribution is 2.46. The van der Waals surface area contributed by atoms with Crippen LogP contribution < -0.4 is 5.32 Å². The molecular formula is C18H28ClNO. The summed E-state index contributed by atoms with van der Waals surface area (Å²) in [5.74, 6) is 0. The van der Waals surface area contributed by atoms with Gasteiger partial charge in [0.25, 0.3) is 0 Å². The fourth-order valence-corrected chi connectivity index (χ4v) is 3.60. The number of aliphatic hydroxyl groups excluding tert-OH is 1. The molecule has 0 amide bonds. The topological polar surface area (TPSA) is 32.3 Å². The average molecular weight is 310 g/mol. The molecule has 2 N–H and O–H groups in total. The van der Waals surface area contributed by atoms with E-state index in [2.05, 4.69) is 45.1 Å². The molecule has 1 aliphatic carbocycles. The molecule has 0 heterocycles. The van der Waals surface area contributed by atoms with Crippen LogP contribution in [-0.2, 0) is 6.42 Å². The molecule has 3 heteroatoms. The third-order valence-electron chi connectivity index (χ3n) is 4.64. The fourth-order valence-electron chi connectivity index (χ4n) is 3.42. The molecule has 1 aromatic carbocycles. The van der Waals surface area contributed by atoms with Gasteiger partial charge in [-0.05, 0) is 53.4 Å². The van der Waals surface area contributed by atoms with E-state index < -0.39 is 0 Å². The summed E-state index contributed by atoms with van der Waals surface area (Å²) in [5, 5.41) is 13.6. The van der Waals surface area contributed by atoms with Crippen LogP contribution in [0.5, 0.6) is 0 Å². The summed E-state index contributed by atoms with van der Waals surface area (Å²) in [6.45, 7) is 10.4. The van der Waals surface area contributed by atoms with Crippen LogP contribution in [0.15, 0.2) is 18.2 Å². The van der Waals surface area contributed by atoms with Gasteiger partial charge in [0.1, 0.15) is 0 Å². The lowest BCUT2D eigenvalue weighted by atomic mass is 9.83. The summed E-state index contributed by atoms with van der Waals surface area (Å²) in [5.41, 5.74) is 3.17. The second-order valence-electron chi connectivity index (χ2n) is 7.81. The number of halogens is 1. The van der Waals surface area contributed by atoms with E-state index in [1.807, 2.05) is 6.07 Å². The molecule has 0 saturated carbocycles. The number of fused-ring (bicyclic) bond motifs is 1. The van der Waals surface area contributed by atoms with E-state index in [-0.39, 0.29) is 17.4 Å². The van der Waals surface area contributed by atoms with Crippen molar-refractivity contribution in [3.05, 3.63) is 34.3 Å². The van der Waals surface area contributed by atoms with Crippen LogP contribution in [0.3, 0.4) is 0 Å². The smallest absolute Gasteiger partial charge is 0.0431 e. The van der Waals surface area contributed by atoms with Crippen LogP contribution in [0.2, 0.25) is 5.02 Å². The van der Waals surface area contributed by atoms with Gasteiger partial charge in [-0.1, -0.05) is 45.4 Å². The maximum absolute atomic E-state index is 9.02. The molecule has 21 heavy (non-hydrogen) atoms. The van der Waals surface area contributed by atoms with Gasteiger partial charge in [0.15, 0.2) is 0 Å². The minimum Gasteiger partial charge on any atom is -0.396 e. The molecule has 2 rings (SSSR count). The first-order valence-electron chi connectivity index (χ1n) is 7.88. The largest absolute Gasteiger partial charge is 0.396 e. The first-order chi connectivity index (χ1) is 9.75. The van der Waals surface area contributed by atoms with Crippen LogP contribution in [0.4, 0.5) is 0 Å². The van der Waals surface area contributed by atoms with Crippen LogP contribution >= 0.6 is 11.6 Å². The molecule has 1 aliphatic rings. The number of hydrogen-bond acceptors (Lipinski definition) is 2. The van der Waals surface area contributed by atoms with E-state index >= 15 is 0 Å². The van der Waals surface area contributed by atoms with Gasteiger partial charge in [0.2, 0.25) is 0 Å². The van der Waals surface area contributed by atoms with E-state index in [1.54, 1.807) is 0 Å². The summed E-state index contributed by atoms with van der Waals surface area (Å²) in [4.78, 5) is 0. The SMILES string of the molecule is CC(C)(CCCO)CNC1c2cc(Cl)ccc2CC1(C)C. The standard InChI is InChI=1S/C18H28ClNO/c1-17(2,8-5-9-21)12-20-16-15-10-14(19)7-6-13(15)11-18(16,3)4/h6-7,10,16,20-21H,5,8-9,11-12H2,1-4H3. The Bertz CT molecular complexity index is 496. The van der Waals surface area contributed by atoms with Gasteiger partial charge in [0.05, 0.1) is 0 Å². The number of benzene rings is 1. The van der Waals surface area contributed by atoms with Crippen molar-refractivity contribution in [2.45, 2.75) is 53.0 Å². The summed E-state index contributed by atoms with van der Waals surface area (Å²) in [6, 6.07) is 6.62. The van der Waals surface area contributed by atoms with Crippen LogP contribution in [-0.4, -0.2) is 18.3 Å². The Balaban J connectivity index is 2.10. The third kappa shape index (κ3) is 4.00. The van der Waals surface area contributed by atoms with Gasteiger partial charge in [-0.3, -0.25) is 0 Å². The van der Waals surface area contributed by atoms with Crippen molar-refractivity contribution in [1.29, 1.82) is 0 Å². The molecule has 0 aromatic heterocycles. The summed E-state index contributed by atoms with van der Waals surface area (Å²) >= 11 is 6.18. The Morgan fingerprint density at radius 3 is 2.76 bits per heavy atom. The highest BCUT2D eigenvalue weighted by atomic mass is 35.5. The summed E-state index contributed by atoms with van der Waals surface area (Å²) < 4.78 is 0. The summed E-state index contributed by atoms with van der Waals surface area (Å²) in [6.07, 6.45) is 2.99. The Morgan fingerprint density at radius 2 is 2.10 bits per heavy atom. The van der Waals surface area contributed by atoms with E-state index in [9.17, 15) is 0 Å². The highest BCUT2D eigenvalue weighted by Gasteiger charge is 2.39. The first kappa shape index (κ1) is 16.8. The first-order valence-corrected chi connectivity index (χ1v) is 8.26. The van der Waals surface area contributed by atoms with Crippen LogP contribution in [0.1, 0.15) is 57.7 Å². The quantitative estimate of drug-likeness (QED) is 0.818. The van der Waals surface area contributed by atoms with Crippen molar-refractivity contribution in [3.63, 3.8) is 0 Å². The third-order valence-corrected chi connectivity index (χ3v) is 4.88. The van der Waals surface area contributed by atoms with E-state index in [0.717, 1.165) is 30.8 Å². The van der Waals surface area contributed by atoms with Crippen molar-refractivity contribution >= 4 is 11.6 Å². The van der Waals surface area contributed by atoms with E-state index in [0.29, 0.717) is 6.04 Å². The number of hydrogen-bond donors (Lipinski definition) is 2. The van der Waals surface area contributed by atoms with Gasteiger partial charge in [-0.15, -0.1) is 0 Å². The lowest BCUT2D eigenvalue weighted by molar-refractivity contribution is 0.205. The maximum Gasteiger partial charge on any atom is 0.0431 e. The van der Waals surface area contributed by atoms with E-state index in [1.165, 1.54) is 11.1 Å². The number of rotatable bonds is 6. The van der Waals surface area contributed by atoms with Crippen molar-refractivity contribution in [2.24, 2.45) is 10.8 Å². The zero-order valence-electron chi connectivity index (χ0n) is 13.7. The molecule has 1 unspecified atom stereocenters. The minimum absolute atomic E-state index is 0.195. The molecule has 118 valence electrons. The molecule has 0 fully saturated rings. The number of nitrogens with one attached hydrogen (secondary N) is 1. The molecule has 0 saturated heterocycles. The monoisotopic (exact) mass is 309 g/mol. The zero-order valence-corrected chi connectivity index (χ0v) is 14.4. The van der Waals surface area contributed by atoms with Gasteiger partial charge in [-0.2, -0.15) is 0 Å². The van der Waals surface area contributed by atoms with Gasteiger partial charge in [0, 0.05) is 24.2 Å². The predicted molar refractivity (Wildman–Crippen MR) is 89.8 cm³/mol. The molecule has 1 atom stereocenters. The van der Waals surface area contributed by atoms with Crippen molar-refractivity contribution in [1.82, 2.24) is 5.32 Å². The van der Waals surface area contributed by atoms with Crippen LogP contribution in [0.25, 0.3) is 0 Å². The van der Waals surface area contributed by atoms with Gasteiger partial charge >= 0.3 is 0 Å². The molecule has 2 nitrogen and oxygen atoms in total. The molecule has 0 radical (unpaired) electrons. The Kier molecular flexibility index (Phi) is 5.02. The second-order valence-corrected chi connectivity index (χ2v) is 8.25. The molecule has 0 bridgehead atoms. The fraction of sp³-hybridized carbons (Fsp3) is 0.667. The lowest BCUT2D eigenvalue weighted by Gasteiger charge is -2.33. The Hall–Kier alpha value is -0.570. The maximum atomic E-state index is 9.02. The molecule has 0 aliphatic heterocycles. The van der Waals surface area contributed by atoms with Crippen LogP contribution in [0, 0.1) is 10.8 Å². The molecule has 1 aromatic rings. The summed E-state index contributed by atoms with van der Waals surface area (Å²) in [7, 11) is 0. The predicted octanol–water partition coefficient (Wildman–Crippen LogP) is 4.35. The number of aliphatic hydroxyl groups is 1. The van der Waals surface area contributed by atoms with Gasteiger partial charge in [-0.25, -0.2) is 0 Å². The second kappa shape index (κ2) is 6.28. The zero-order chi connectivity index (χ0) is 15.7. The average Bonchev–Trinajstić information content (AvgIpc) is 2.64. The molecule has 0 spiro atoms. The van der Waals surface area contributed by atoms with Gasteiger partial charge < -0.3 is 10.4 Å². The molecular weight excluding hydrogens is 282 g/mol. The van der Waals surface area contributed by atoms with Crippen molar-refractivity contribution in [3.8, 4) is 0 Å². The Labute approximate surface area is 133 Å².